The van der Waals surface area contributed by atoms with E-state index < -0.39 is 6.04 Å². The van der Waals surface area contributed by atoms with Crippen LogP contribution >= 0.6 is 0 Å². The molecule has 34 heavy (non-hydrogen) atoms. The van der Waals surface area contributed by atoms with Crippen LogP contribution in [0.15, 0.2) is 48.5 Å². The fourth-order valence-corrected chi connectivity index (χ4v) is 4.27. The number of aryl methyl sites for hydroxylation is 1. The first kappa shape index (κ1) is 25.6. The van der Waals surface area contributed by atoms with Crippen molar-refractivity contribution in [1.82, 2.24) is 10.2 Å². The van der Waals surface area contributed by atoms with Crippen molar-refractivity contribution in [1.29, 1.82) is 0 Å². The van der Waals surface area contributed by atoms with E-state index >= 15 is 0 Å². The van der Waals surface area contributed by atoms with Crippen LogP contribution in [0, 0.1) is 6.92 Å². The Morgan fingerprint density at radius 3 is 2.29 bits per heavy atom. The summed E-state index contributed by atoms with van der Waals surface area (Å²) in [7, 11) is 1.63. The van der Waals surface area contributed by atoms with Gasteiger partial charge in [0, 0.05) is 19.0 Å². The Bertz CT molecular complexity index is 905. The number of hydrogen-bond acceptors (Lipinski definition) is 4. The summed E-state index contributed by atoms with van der Waals surface area (Å²) < 4.78 is 10.9. The van der Waals surface area contributed by atoms with Gasteiger partial charge in [-0.2, -0.15) is 0 Å². The SMILES string of the molecule is COc1ccc(OCCCC(=O)N(Cc2ccc(C)cc2)[C@H](C)C(=O)NC2CCCCC2)cc1. The molecule has 1 saturated carbocycles. The molecule has 2 aromatic rings. The molecule has 1 atom stereocenters. The van der Waals surface area contributed by atoms with E-state index in [2.05, 4.69) is 5.32 Å². The number of carbonyl (C=O) groups excluding carboxylic acids is 2. The van der Waals surface area contributed by atoms with Gasteiger partial charge in [-0.3, -0.25) is 9.59 Å². The van der Waals surface area contributed by atoms with Gasteiger partial charge >= 0.3 is 0 Å². The molecule has 0 saturated heterocycles. The first-order valence-corrected chi connectivity index (χ1v) is 12.4. The Hall–Kier alpha value is -3.02. The van der Waals surface area contributed by atoms with Crippen LogP contribution in [0.1, 0.15) is 63.0 Å². The van der Waals surface area contributed by atoms with Gasteiger partial charge in [-0.1, -0.05) is 49.1 Å². The summed E-state index contributed by atoms with van der Waals surface area (Å²) in [5, 5.41) is 3.18. The van der Waals surface area contributed by atoms with Crippen LogP contribution in [0.25, 0.3) is 0 Å². The quantitative estimate of drug-likeness (QED) is 0.472. The first-order valence-electron chi connectivity index (χ1n) is 12.4. The lowest BCUT2D eigenvalue weighted by Gasteiger charge is -2.31. The molecule has 184 valence electrons. The van der Waals surface area contributed by atoms with Gasteiger partial charge in [-0.05, 0) is 62.9 Å². The van der Waals surface area contributed by atoms with E-state index in [4.69, 9.17) is 9.47 Å². The van der Waals surface area contributed by atoms with Crippen LogP contribution in [-0.2, 0) is 16.1 Å². The molecule has 2 amide bonds. The van der Waals surface area contributed by atoms with E-state index in [-0.39, 0.29) is 17.9 Å². The highest BCUT2D eigenvalue weighted by Gasteiger charge is 2.27. The number of methoxy groups -OCH3 is 1. The molecule has 6 nitrogen and oxygen atoms in total. The predicted octanol–water partition coefficient (Wildman–Crippen LogP) is 5.03. The summed E-state index contributed by atoms with van der Waals surface area (Å²) in [6.07, 6.45) is 6.48. The normalized spacial score (nSPS) is 14.8. The molecular formula is C28H38N2O4. The molecule has 0 aliphatic heterocycles. The minimum Gasteiger partial charge on any atom is -0.497 e. The second kappa shape index (κ2) is 13.0. The number of ether oxygens (including phenoxy) is 2. The molecule has 0 heterocycles. The molecule has 0 bridgehead atoms. The van der Waals surface area contributed by atoms with Gasteiger partial charge in [0.25, 0.3) is 0 Å². The fourth-order valence-electron chi connectivity index (χ4n) is 4.27. The number of benzene rings is 2. The molecule has 1 fully saturated rings. The van der Waals surface area contributed by atoms with Crippen molar-refractivity contribution in [3.05, 3.63) is 59.7 Å². The zero-order chi connectivity index (χ0) is 24.3. The highest BCUT2D eigenvalue weighted by molar-refractivity contribution is 5.87. The van der Waals surface area contributed by atoms with Crippen molar-refractivity contribution >= 4 is 11.8 Å². The van der Waals surface area contributed by atoms with Gasteiger partial charge in [0.2, 0.25) is 11.8 Å². The van der Waals surface area contributed by atoms with Crippen LogP contribution in [0.5, 0.6) is 11.5 Å². The maximum Gasteiger partial charge on any atom is 0.242 e. The van der Waals surface area contributed by atoms with E-state index in [1.807, 2.05) is 62.4 Å². The van der Waals surface area contributed by atoms with Gasteiger partial charge in [-0.25, -0.2) is 0 Å². The third-order valence-electron chi connectivity index (χ3n) is 6.46. The highest BCUT2D eigenvalue weighted by Crippen LogP contribution is 2.20. The Balaban J connectivity index is 1.58. The van der Waals surface area contributed by atoms with Gasteiger partial charge < -0.3 is 19.7 Å². The van der Waals surface area contributed by atoms with E-state index in [0.29, 0.717) is 26.0 Å². The van der Waals surface area contributed by atoms with E-state index in [9.17, 15) is 9.59 Å². The minimum atomic E-state index is -0.529. The van der Waals surface area contributed by atoms with Crippen molar-refractivity contribution in [3.8, 4) is 11.5 Å². The molecule has 0 aromatic heterocycles. The molecule has 0 spiro atoms. The Labute approximate surface area is 203 Å². The smallest absolute Gasteiger partial charge is 0.242 e. The average molecular weight is 467 g/mol. The minimum absolute atomic E-state index is 0.0369. The van der Waals surface area contributed by atoms with Gasteiger partial charge in [-0.15, -0.1) is 0 Å². The summed E-state index contributed by atoms with van der Waals surface area (Å²) in [6.45, 7) is 4.71. The topological polar surface area (TPSA) is 67.9 Å². The van der Waals surface area contributed by atoms with Gasteiger partial charge in [0.15, 0.2) is 0 Å². The molecule has 2 aromatic carbocycles. The van der Waals surface area contributed by atoms with Crippen molar-refractivity contribution in [2.75, 3.05) is 13.7 Å². The lowest BCUT2D eigenvalue weighted by Crippen LogP contribution is -2.50. The number of rotatable bonds is 11. The van der Waals surface area contributed by atoms with Crippen LogP contribution in [0.3, 0.4) is 0 Å². The molecule has 1 N–H and O–H groups in total. The van der Waals surface area contributed by atoms with Crippen LogP contribution < -0.4 is 14.8 Å². The third-order valence-corrected chi connectivity index (χ3v) is 6.46. The molecular weight excluding hydrogens is 428 g/mol. The Kier molecular flexibility index (Phi) is 9.80. The summed E-state index contributed by atoms with van der Waals surface area (Å²) >= 11 is 0. The summed E-state index contributed by atoms with van der Waals surface area (Å²) in [6, 6.07) is 15.2. The lowest BCUT2D eigenvalue weighted by atomic mass is 9.95. The zero-order valence-electron chi connectivity index (χ0n) is 20.7. The van der Waals surface area contributed by atoms with Crippen LogP contribution in [-0.4, -0.2) is 42.5 Å². The second-order valence-corrected chi connectivity index (χ2v) is 9.15. The molecule has 0 unspecified atom stereocenters. The molecule has 3 rings (SSSR count). The molecule has 1 aliphatic carbocycles. The van der Waals surface area contributed by atoms with E-state index in [1.54, 1.807) is 12.0 Å². The monoisotopic (exact) mass is 466 g/mol. The Morgan fingerprint density at radius 1 is 1.00 bits per heavy atom. The van der Waals surface area contributed by atoms with Crippen molar-refractivity contribution in [3.63, 3.8) is 0 Å². The fraction of sp³-hybridized carbons (Fsp3) is 0.500. The average Bonchev–Trinajstić information content (AvgIpc) is 2.86. The maximum atomic E-state index is 13.2. The van der Waals surface area contributed by atoms with Gasteiger partial charge in [0.1, 0.15) is 17.5 Å². The van der Waals surface area contributed by atoms with Crippen LogP contribution in [0.2, 0.25) is 0 Å². The van der Waals surface area contributed by atoms with E-state index in [0.717, 1.165) is 42.7 Å². The summed E-state index contributed by atoms with van der Waals surface area (Å²) in [5.74, 6) is 1.41. The molecule has 0 radical (unpaired) electrons. The van der Waals surface area contributed by atoms with Gasteiger partial charge in [0.05, 0.1) is 13.7 Å². The maximum absolute atomic E-state index is 13.2. The highest BCUT2D eigenvalue weighted by atomic mass is 16.5. The number of carbonyl (C=O) groups is 2. The van der Waals surface area contributed by atoms with Crippen LogP contribution in [0.4, 0.5) is 0 Å². The third kappa shape index (κ3) is 7.79. The predicted molar refractivity (Wildman–Crippen MR) is 134 cm³/mol. The second-order valence-electron chi connectivity index (χ2n) is 9.15. The number of nitrogens with one attached hydrogen (secondary N) is 1. The number of amides is 2. The van der Waals surface area contributed by atoms with Crippen molar-refractivity contribution < 1.29 is 19.1 Å². The molecule has 6 heteroatoms. The first-order chi connectivity index (χ1) is 16.5. The summed E-state index contributed by atoms with van der Waals surface area (Å²) in [5.41, 5.74) is 2.19. The summed E-state index contributed by atoms with van der Waals surface area (Å²) in [4.78, 5) is 28.0. The lowest BCUT2D eigenvalue weighted by molar-refractivity contribution is -0.141. The number of hydrogen-bond donors (Lipinski definition) is 1. The van der Waals surface area contributed by atoms with Crippen molar-refractivity contribution in [2.45, 2.75) is 77.4 Å². The Morgan fingerprint density at radius 2 is 1.65 bits per heavy atom. The standard InChI is InChI=1S/C28H38N2O4/c1-21-11-13-23(14-12-21)20-30(22(2)28(32)29-24-8-5-4-6-9-24)27(31)10-7-19-34-26-17-15-25(33-3)16-18-26/h11-18,22,24H,4-10,19-20H2,1-3H3,(H,29,32)/t22-/m1/s1. The molecule has 1 aliphatic rings. The van der Waals surface area contributed by atoms with Crippen molar-refractivity contribution in [2.24, 2.45) is 0 Å². The zero-order valence-corrected chi connectivity index (χ0v) is 20.7. The van der Waals surface area contributed by atoms with E-state index in [1.165, 1.54) is 12.0 Å². The number of nitrogens with zero attached hydrogens (tertiary/aromatic N) is 1. The largest absolute Gasteiger partial charge is 0.497 e.